The van der Waals surface area contributed by atoms with Crippen molar-refractivity contribution in [2.45, 2.75) is 78.6 Å². The highest BCUT2D eigenvalue weighted by atomic mass is 16.1. The van der Waals surface area contributed by atoms with Crippen LogP contribution >= 0.6 is 0 Å². The third-order valence-electron chi connectivity index (χ3n) is 9.99. The van der Waals surface area contributed by atoms with Crippen LogP contribution in [0.3, 0.4) is 0 Å². The fraction of sp³-hybridized carbons (Fsp3) is 0.308. The first-order valence-corrected chi connectivity index (χ1v) is 15.4. The number of aromatic nitrogens is 3. The largest absolute Gasteiger partial charge is 0.268 e. The summed E-state index contributed by atoms with van der Waals surface area (Å²) in [7, 11) is 0. The van der Waals surface area contributed by atoms with Crippen molar-refractivity contribution in [2.24, 2.45) is 0 Å². The molecule has 0 aliphatic heterocycles. The first-order chi connectivity index (χ1) is 20.2. The number of imidazole rings is 1. The summed E-state index contributed by atoms with van der Waals surface area (Å²) in [4.78, 5) is 24.7. The monoisotopic (exact) mass is 561 g/mol. The van der Waals surface area contributed by atoms with E-state index in [-0.39, 0.29) is 21.8 Å². The van der Waals surface area contributed by atoms with E-state index >= 15 is 0 Å². The first-order valence-electron chi connectivity index (χ1n) is 15.4. The van der Waals surface area contributed by atoms with E-state index in [1.807, 2.05) is 10.6 Å². The molecule has 0 aliphatic rings. The van der Waals surface area contributed by atoms with Gasteiger partial charge >= 0.3 is 0 Å². The SMILES string of the molecule is CC(C)(C)c1cc2nc3c4c5cc(C(C)(C)C)c6ccc7ccc8c(C(C)(C)C)cc(c4c(=O)n3c2cn1)c1c8c7c6c51. The Morgan fingerprint density at radius 1 is 0.581 bits per heavy atom. The summed E-state index contributed by atoms with van der Waals surface area (Å²) in [5, 5.41) is 14.3. The van der Waals surface area contributed by atoms with Gasteiger partial charge < -0.3 is 0 Å². The van der Waals surface area contributed by atoms with Crippen LogP contribution in [-0.4, -0.2) is 14.4 Å². The molecular weight excluding hydrogens is 526 g/mol. The van der Waals surface area contributed by atoms with E-state index in [4.69, 9.17) is 9.97 Å². The summed E-state index contributed by atoms with van der Waals surface area (Å²) in [6.45, 7) is 20.2. The molecule has 0 saturated heterocycles. The molecule has 0 atom stereocenters. The summed E-state index contributed by atoms with van der Waals surface area (Å²) in [5.74, 6) is 0. The number of nitrogens with zero attached hydrogens (tertiary/aromatic N) is 3. The van der Waals surface area contributed by atoms with Gasteiger partial charge in [0.15, 0.2) is 0 Å². The minimum atomic E-state index is -0.113. The maximum absolute atomic E-state index is 14.7. The third-order valence-corrected chi connectivity index (χ3v) is 9.99. The molecule has 3 heterocycles. The Morgan fingerprint density at radius 3 is 1.65 bits per heavy atom. The lowest BCUT2D eigenvalue weighted by atomic mass is 9.80. The zero-order chi connectivity index (χ0) is 30.1. The van der Waals surface area contributed by atoms with Crippen LogP contribution in [0.5, 0.6) is 0 Å². The minimum absolute atomic E-state index is 0.000505. The third kappa shape index (κ3) is 2.90. The normalized spacial score (nSPS) is 14.3. The van der Waals surface area contributed by atoms with Crippen LogP contribution in [0.2, 0.25) is 0 Å². The van der Waals surface area contributed by atoms with Gasteiger partial charge in [0.2, 0.25) is 0 Å². The molecule has 0 N–H and O–H groups in total. The summed E-state index contributed by atoms with van der Waals surface area (Å²) >= 11 is 0. The highest BCUT2D eigenvalue weighted by Gasteiger charge is 2.32. The topological polar surface area (TPSA) is 47.3 Å². The molecule has 0 aliphatic carbocycles. The summed E-state index contributed by atoms with van der Waals surface area (Å²) in [6.07, 6.45) is 1.85. The van der Waals surface area contributed by atoms with E-state index in [0.29, 0.717) is 0 Å². The van der Waals surface area contributed by atoms with Gasteiger partial charge in [0.25, 0.3) is 5.56 Å². The van der Waals surface area contributed by atoms with Gasteiger partial charge in [-0.25, -0.2) is 4.98 Å². The molecule has 0 fully saturated rings. The Labute approximate surface area is 249 Å². The van der Waals surface area contributed by atoms with Gasteiger partial charge in [-0.15, -0.1) is 0 Å². The van der Waals surface area contributed by atoms with E-state index in [9.17, 15) is 4.79 Å². The summed E-state index contributed by atoms with van der Waals surface area (Å²) < 4.78 is 1.83. The molecular formula is C39H35N3O. The zero-order valence-corrected chi connectivity index (χ0v) is 26.4. The highest BCUT2D eigenvalue weighted by molar-refractivity contribution is 6.49. The standard InChI is InChI=1S/C39H35N3O/c1-37(2,3)23-14-21-31-29-19(23)12-10-18-11-13-20-24(38(4,5)6)15-22(32(31)30(20)28(18)29)34-33(21)35-41-25-16-27(39(7,8)9)40-17-26(25)42(35)36(34)43/h10-17H,1-9H3. The van der Waals surface area contributed by atoms with E-state index in [2.05, 4.69) is 105 Å². The number of hydrogen-bond donors (Lipinski definition) is 0. The van der Waals surface area contributed by atoms with E-state index in [1.165, 1.54) is 54.2 Å². The van der Waals surface area contributed by atoms with Gasteiger partial charge in [-0.3, -0.25) is 14.2 Å². The molecule has 4 heteroatoms. The van der Waals surface area contributed by atoms with Crippen molar-refractivity contribution in [1.82, 2.24) is 14.4 Å². The predicted octanol–water partition coefficient (Wildman–Crippen LogP) is 9.81. The Kier molecular flexibility index (Phi) is 4.25. The molecule has 0 spiro atoms. The van der Waals surface area contributed by atoms with Crippen molar-refractivity contribution in [3.8, 4) is 0 Å². The van der Waals surface area contributed by atoms with Crippen LogP contribution in [0.15, 0.2) is 53.5 Å². The van der Waals surface area contributed by atoms with Crippen LogP contribution in [0.4, 0.5) is 0 Å². The van der Waals surface area contributed by atoms with Crippen LogP contribution in [0.25, 0.3) is 81.3 Å². The lowest BCUT2D eigenvalue weighted by Gasteiger charge is -2.23. The first kappa shape index (κ1) is 25.2. The van der Waals surface area contributed by atoms with Gasteiger partial charge in [0.05, 0.1) is 22.6 Å². The molecule has 0 amide bonds. The molecule has 3 aromatic heterocycles. The number of fused-ring (bicyclic) bond motifs is 7. The second-order valence-electron chi connectivity index (χ2n) is 15.9. The second-order valence-corrected chi connectivity index (χ2v) is 15.9. The van der Waals surface area contributed by atoms with Crippen LogP contribution < -0.4 is 5.56 Å². The molecule has 9 aromatic rings. The average Bonchev–Trinajstić information content (AvgIpc) is 3.57. The molecule has 43 heavy (non-hydrogen) atoms. The molecule has 0 bridgehead atoms. The predicted molar refractivity (Wildman–Crippen MR) is 183 cm³/mol. The number of pyridine rings is 1. The van der Waals surface area contributed by atoms with Crippen LogP contribution in [0, 0.1) is 0 Å². The molecule has 9 rings (SSSR count). The molecule has 0 saturated carbocycles. The fourth-order valence-electron chi connectivity index (χ4n) is 8.00. The van der Waals surface area contributed by atoms with Crippen molar-refractivity contribution in [2.75, 3.05) is 0 Å². The van der Waals surface area contributed by atoms with Crippen molar-refractivity contribution < 1.29 is 0 Å². The average molecular weight is 562 g/mol. The molecule has 4 nitrogen and oxygen atoms in total. The number of hydrogen-bond acceptors (Lipinski definition) is 3. The van der Waals surface area contributed by atoms with E-state index in [1.54, 1.807) is 0 Å². The Hall–Kier alpha value is -4.31. The maximum atomic E-state index is 14.7. The fourth-order valence-corrected chi connectivity index (χ4v) is 8.00. The second kappa shape index (κ2) is 7.24. The summed E-state index contributed by atoms with van der Waals surface area (Å²) in [5.41, 5.74) is 5.60. The lowest BCUT2D eigenvalue weighted by Crippen LogP contribution is -2.13. The zero-order valence-electron chi connectivity index (χ0n) is 26.4. The Bertz CT molecular complexity index is 2670. The van der Waals surface area contributed by atoms with Crippen molar-refractivity contribution >= 4 is 81.3 Å². The quantitative estimate of drug-likeness (QED) is 0.173. The van der Waals surface area contributed by atoms with Gasteiger partial charge in [0.1, 0.15) is 5.65 Å². The number of benzene rings is 5. The van der Waals surface area contributed by atoms with Gasteiger partial charge in [-0.2, -0.15) is 0 Å². The minimum Gasteiger partial charge on any atom is -0.268 e. The van der Waals surface area contributed by atoms with Crippen molar-refractivity contribution in [3.63, 3.8) is 0 Å². The Morgan fingerprint density at radius 2 is 1.12 bits per heavy atom. The number of rotatable bonds is 0. The molecule has 0 radical (unpaired) electrons. The van der Waals surface area contributed by atoms with E-state index in [0.717, 1.165) is 43.9 Å². The van der Waals surface area contributed by atoms with Crippen LogP contribution in [-0.2, 0) is 16.2 Å². The van der Waals surface area contributed by atoms with Gasteiger partial charge in [0, 0.05) is 16.5 Å². The Balaban J connectivity index is 1.64. The summed E-state index contributed by atoms with van der Waals surface area (Å²) in [6, 6.07) is 16.0. The van der Waals surface area contributed by atoms with Gasteiger partial charge in [-0.05, 0) is 94.0 Å². The molecule has 0 unspecified atom stereocenters. The lowest BCUT2D eigenvalue weighted by molar-refractivity contribution is 0.570. The maximum Gasteiger partial charge on any atom is 0.265 e. The van der Waals surface area contributed by atoms with Crippen LogP contribution in [0.1, 0.15) is 79.1 Å². The van der Waals surface area contributed by atoms with E-state index < -0.39 is 0 Å². The van der Waals surface area contributed by atoms with Gasteiger partial charge in [-0.1, -0.05) is 86.6 Å². The molecule has 212 valence electrons. The van der Waals surface area contributed by atoms with Crippen molar-refractivity contribution in [3.05, 3.63) is 75.8 Å². The highest BCUT2D eigenvalue weighted by Crippen LogP contribution is 2.54. The van der Waals surface area contributed by atoms with Crippen molar-refractivity contribution in [1.29, 1.82) is 0 Å². The molecule has 6 aromatic carbocycles. The smallest absolute Gasteiger partial charge is 0.265 e.